The molecule has 1 aromatic carbocycles. The molecule has 180 valence electrons. The van der Waals surface area contributed by atoms with Crippen LogP contribution in [0.4, 0.5) is 24.5 Å². The number of morpholine rings is 1. The van der Waals surface area contributed by atoms with Crippen LogP contribution in [0.2, 0.25) is 0 Å². The third-order valence-electron chi connectivity index (χ3n) is 6.19. The van der Waals surface area contributed by atoms with Crippen molar-refractivity contribution in [1.82, 2.24) is 9.88 Å². The Kier molecular flexibility index (Phi) is 6.32. The number of nitrogens with zero attached hydrogens (tertiary/aromatic N) is 4. The van der Waals surface area contributed by atoms with Crippen LogP contribution in [0.15, 0.2) is 47.6 Å². The molecule has 33 heavy (non-hydrogen) atoms. The number of hydrogen-bond donors (Lipinski definition) is 0. The first-order valence-corrected chi connectivity index (χ1v) is 12.1. The minimum absolute atomic E-state index is 0.206. The highest BCUT2D eigenvalue weighted by Gasteiger charge is 2.47. The van der Waals surface area contributed by atoms with Gasteiger partial charge in [0, 0.05) is 43.6 Å². The van der Waals surface area contributed by atoms with E-state index in [-0.39, 0.29) is 5.54 Å². The largest absolute Gasteiger partial charge is 0.501 e. The topological polar surface area (TPSA) is 66.0 Å². The third-order valence-corrected chi connectivity index (χ3v) is 7.69. The van der Waals surface area contributed by atoms with E-state index in [1.165, 1.54) is 12.1 Å². The van der Waals surface area contributed by atoms with Crippen molar-refractivity contribution in [2.24, 2.45) is 0 Å². The summed E-state index contributed by atoms with van der Waals surface area (Å²) < 4.78 is 67.2. The van der Waals surface area contributed by atoms with Crippen molar-refractivity contribution in [3.8, 4) is 0 Å². The molecule has 2 saturated heterocycles. The SMILES string of the molecule is CC1(C)CN(c2ccc(S(=O)(=O)C(F)(F)F)cc2)CN1Cc1ccncc1N1CCOCC1. The van der Waals surface area contributed by atoms with E-state index in [2.05, 4.69) is 28.6 Å². The first kappa shape index (κ1) is 23.8. The molecule has 0 spiro atoms. The lowest BCUT2D eigenvalue weighted by atomic mass is 10.0. The van der Waals surface area contributed by atoms with Gasteiger partial charge in [-0.05, 0) is 49.7 Å². The monoisotopic (exact) mass is 484 g/mol. The zero-order valence-electron chi connectivity index (χ0n) is 18.5. The fraction of sp³-hybridized carbons (Fsp3) is 0.500. The Morgan fingerprint density at radius 2 is 1.73 bits per heavy atom. The number of hydrogen-bond acceptors (Lipinski definition) is 7. The Morgan fingerprint density at radius 3 is 2.36 bits per heavy atom. The zero-order valence-corrected chi connectivity index (χ0v) is 19.4. The summed E-state index contributed by atoms with van der Waals surface area (Å²) in [6, 6.07) is 6.92. The van der Waals surface area contributed by atoms with E-state index in [0.717, 1.165) is 36.5 Å². The second-order valence-corrected chi connectivity index (χ2v) is 10.8. The van der Waals surface area contributed by atoms with Crippen molar-refractivity contribution in [2.45, 2.75) is 36.3 Å². The summed E-state index contributed by atoms with van der Waals surface area (Å²) in [4.78, 5) is 10.2. The maximum absolute atomic E-state index is 12.8. The average molecular weight is 485 g/mol. The molecule has 0 bridgehead atoms. The van der Waals surface area contributed by atoms with Crippen molar-refractivity contribution in [2.75, 3.05) is 49.3 Å². The molecule has 0 N–H and O–H groups in total. The Balaban J connectivity index is 1.52. The molecule has 0 radical (unpaired) electrons. The standard InChI is InChI=1S/C22H27F3N4O3S/c1-21(2)15-28(18-3-5-19(6-4-18)33(30,31)22(23,24)25)16-29(21)14-17-7-8-26-13-20(17)27-9-11-32-12-10-27/h3-8,13H,9-12,14-16H2,1-2H3. The van der Waals surface area contributed by atoms with Gasteiger partial charge in [-0.2, -0.15) is 13.2 Å². The number of alkyl halides is 3. The number of ether oxygens (including phenoxy) is 1. The molecule has 0 aliphatic carbocycles. The van der Waals surface area contributed by atoms with Gasteiger partial charge >= 0.3 is 5.51 Å². The summed E-state index contributed by atoms with van der Waals surface area (Å²) in [6.07, 6.45) is 3.65. The molecule has 2 aromatic rings. The fourth-order valence-corrected chi connectivity index (χ4v) is 5.03. The molecule has 3 heterocycles. The van der Waals surface area contributed by atoms with Crippen molar-refractivity contribution < 1.29 is 26.3 Å². The van der Waals surface area contributed by atoms with Crippen LogP contribution in [-0.4, -0.2) is 68.9 Å². The van der Waals surface area contributed by atoms with Crippen molar-refractivity contribution in [3.05, 3.63) is 48.3 Å². The first-order chi connectivity index (χ1) is 15.5. The van der Waals surface area contributed by atoms with Crippen molar-refractivity contribution in [3.63, 3.8) is 0 Å². The lowest BCUT2D eigenvalue weighted by Gasteiger charge is -2.33. The third kappa shape index (κ3) is 4.80. The lowest BCUT2D eigenvalue weighted by Crippen LogP contribution is -2.41. The van der Waals surface area contributed by atoms with Gasteiger partial charge in [-0.3, -0.25) is 9.88 Å². The molecule has 1 aromatic heterocycles. The van der Waals surface area contributed by atoms with E-state index in [1.807, 2.05) is 17.2 Å². The number of rotatable bonds is 5. The average Bonchev–Trinajstić information content (AvgIpc) is 3.08. The number of sulfone groups is 1. The molecule has 0 unspecified atom stereocenters. The predicted molar refractivity (Wildman–Crippen MR) is 119 cm³/mol. The second-order valence-electron chi connectivity index (χ2n) is 8.90. The van der Waals surface area contributed by atoms with Crippen LogP contribution in [0.5, 0.6) is 0 Å². The van der Waals surface area contributed by atoms with Gasteiger partial charge in [0.25, 0.3) is 9.84 Å². The molecular weight excluding hydrogens is 457 g/mol. The van der Waals surface area contributed by atoms with Crippen LogP contribution in [0.3, 0.4) is 0 Å². The van der Waals surface area contributed by atoms with Gasteiger partial charge in [0.1, 0.15) is 0 Å². The van der Waals surface area contributed by atoms with E-state index in [9.17, 15) is 21.6 Å². The van der Waals surface area contributed by atoms with Crippen molar-refractivity contribution in [1.29, 1.82) is 0 Å². The van der Waals surface area contributed by atoms with E-state index in [4.69, 9.17) is 4.74 Å². The summed E-state index contributed by atoms with van der Waals surface area (Å²) in [5.74, 6) is 0. The van der Waals surface area contributed by atoms with Crippen molar-refractivity contribution >= 4 is 21.2 Å². The van der Waals surface area contributed by atoms with E-state index in [0.29, 0.717) is 38.7 Å². The van der Waals surface area contributed by atoms with Crippen LogP contribution >= 0.6 is 0 Å². The van der Waals surface area contributed by atoms with Gasteiger partial charge in [0.15, 0.2) is 0 Å². The number of pyridine rings is 1. The van der Waals surface area contributed by atoms with Gasteiger partial charge < -0.3 is 14.5 Å². The summed E-state index contributed by atoms with van der Waals surface area (Å²) in [6.45, 7) is 9.09. The van der Waals surface area contributed by atoms with Crippen LogP contribution in [0.25, 0.3) is 0 Å². The summed E-state index contributed by atoms with van der Waals surface area (Å²) >= 11 is 0. The molecule has 0 atom stereocenters. The maximum atomic E-state index is 12.8. The fourth-order valence-electron chi connectivity index (χ4n) is 4.26. The molecule has 0 saturated carbocycles. The molecular formula is C22H27F3N4O3S. The molecule has 2 aliphatic rings. The highest BCUT2D eigenvalue weighted by Crippen LogP contribution is 2.34. The van der Waals surface area contributed by atoms with E-state index >= 15 is 0 Å². The first-order valence-electron chi connectivity index (χ1n) is 10.7. The molecule has 7 nitrogen and oxygen atoms in total. The van der Waals surface area contributed by atoms with Gasteiger partial charge in [-0.25, -0.2) is 8.42 Å². The molecule has 11 heteroatoms. The normalized spacial score (nSPS) is 19.8. The molecule has 4 rings (SSSR count). The molecule has 0 amide bonds. The van der Waals surface area contributed by atoms with Crippen LogP contribution < -0.4 is 9.80 Å². The number of benzene rings is 1. The van der Waals surface area contributed by atoms with Crippen LogP contribution in [0, 0.1) is 0 Å². The Morgan fingerprint density at radius 1 is 1.06 bits per heavy atom. The smallest absolute Gasteiger partial charge is 0.378 e. The number of anilines is 2. The lowest BCUT2D eigenvalue weighted by molar-refractivity contribution is -0.0436. The Labute approximate surface area is 191 Å². The highest BCUT2D eigenvalue weighted by atomic mass is 32.2. The number of halogens is 3. The highest BCUT2D eigenvalue weighted by molar-refractivity contribution is 7.92. The predicted octanol–water partition coefficient (Wildman–Crippen LogP) is 3.27. The second kappa shape index (κ2) is 8.77. The zero-order chi connectivity index (χ0) is 23.9. The summed E-state index contributed by atoms with van der Waals surface area (Å²) in [5.41, 5.74) is -2.62. The van der Waals surface area contributed by atoms with Gasteiger partial charge in [0.05, 0.1) is 36.7 Å². The van der Waals surface area contributed by atoms with Crippen LogP contribution in [-0.2, 0) is 21.1 Å². The minimum atomic E-state index is -5.35. The molecule has 2 aliphatic heterocycles. The number of aromatic nitrogens is 1. The minimum Gasteiger partial charge on any atom is -0.378 e. The van der Waals surface area contributed by atoms with Gasteiger partial charge in [-0.15, -0.1) is 0 Å². The quantitative estimate of drug-likeness (QED) is 0.645. The van der Waals surface area contributed by atoms with E-state index in [1.54, 1.807) is 6.20 Å². The van der Waals surface area contributed by atoms with Crippen LogP contribution in [0.1, 0.15) is 19.4 Å². The maximum Gasteiger partial charge on any atom is 0.501 e. The summed E-state index contributed by atoms with van der Waals surface area (Å²) in [7, 11) is -5.35. The molecule has 2 fully saturated rings. The Bertz CT molecular complexity index is 1080. The van der Waals surface area contributed by atoms with Gasteiger partial charge in [0.2, 0.25) is 0 Å². The Hall–Kier alpha value is -2.37. The van der Waals surface area contributed by atoms with Gasteiger partial charge in [-0.1, -0.05) is 0 Å². The van der Waals surface area contributed by atoms with E-state index < -0.39 is 20.2 Å². The summed E-state index contributed by atoms with van der Waals surface area (Å²) in [5, 5.41) is 0.